The van der Waals surface area contributed by atoms with Gasteiger partial charge in [-0.2, -0.15) is 0 Å². The second-order valence-corrected chi connectivity index (χ2v) is 3.43. The van der Waals surface area contributed by atoms with Crippen LogP contribution in [0.4, 0.5) is 4.39 Å². The van der Waals surface area contributed by atoms with E-state index in [0.29, 0.717) is 6.61 Å². The van der Waals surface area contributed by atoms with E-state index in [0.717, 1.165) is 12.8 Å². The van der Waals surface area contributed by atoms with E-state index in [4.69, 9.17) is 14.6 Å². The first-order valence-corrected chi connectivity index (χ1v) is 4.90. The first-order valence-electron chi connectivity index (χ1n) is 4.90. The minimum Gasteiger partial charge on any atom is -0.387 e. The minimum absolute atomic E-state index is 0.124. The maximum Gasteiger partial charge on any atom is 0.189 e. The molecule has 4 nitrogen and oxygen atoms in total. The van der Waals surface area contributed by atoms with E-state index in [2.05, 4.69) is 0 Å². The summed E-state index contributed by atoms with van der Waals surface area (Å²) in [6, 6.07) is 0. The van der Waals surface area contributed by atoms with E-state index < -0.39 is 24.7 Å². The van der Waals surface area contributed by atoms with Crippen molar-refractivity contribution in [1.82, 2.24) is 0 Å². The molecule has 14 heavy (non-hydrogen) atoms. The number of alkyl halides is 1. The third-order valence-corrected chi connectivity index (χ3v) is 2.22. The van der Waals surface area contributed by atoms with Gasteiger partial charge in [0.25, 0.3) is 0 Å². The van der Waals surface area contributed by atoms with Gasteiger partial charge in [-0.05, 0) is 6.42 Å². The molecule has 1 rings (SSSR count). The highest BCUT2D eigenvalue weighted by molar-refractivity contribution is 4.85. The second-order valence-electron chi connectivity index (χ2n) is 3.43. The number of ether oxygens (including phenoxy) is 2. The van der Waals surface area contributed by atoms with Crippen LogP contribution >= 0.6 is 0 Å². The van der Waals surface area contributed by atoms with Crippen LogP contribution in [0.2, 0.25) is 0 Å². The van der Waals surface area contributed by atoms with Crippen molar-refractivity contribution in [3.63, 3.8) is 0 Å². The van der Waals surface area contributed by atoms with Gasteiger partial charge in [0.1, 0.15) is 12.2 Å². The number of hydrogen-bond acceptors (Lipinski definition) is 4. The summed E-state index contributed by atoms with van der Waals surface area (Å²) in [6.45, 7) is 2.72. The van der Waals surface area contributed by atoms with E-state index in [1.165, 1.54) is 0 Å². The van der Waals surface area contributed by atoms with Crippen molar-refractivity contribution in [2.24, 2.45) is 0 Å². The van der Waals surface area contributed by atoms with Crippen molar-refractivity contribution in [2.45, 2.75) is 44.4 Å². The van der Waals surface area contributed by atoms with Crippen LogP contribution in [0.15, 0.2) is 0 Å². The molecule has 1 aliphatic heterocycles. The lowest BCUT2D eigenvalue weighted by Crippen LogP contribution is -2.31. The number of aliphatic hydroxyl groups is 2. The van der Waals surface area contributed by atoms with Crippen LogP contribution in [0, 0.1) is 0 Å². The number of halogens is 1. The number of unbranched alkanes of at least 4 members (excludes halogenated alkanes) is 1. The van der Waals surface area contributed by atoms with Gasteiger partial charge in [-0.1, -0.05) is 13.3 Å². The van der Waals surface area contributed by atoms with Crippen LogP contribution in [-0.2, 0) is 9.47 Å². The molecule has 4 atom stereocenters. The molecule has 4 unspecified atom stereocenters. The summed E-state index contributed by atoms with van der Waals surface area (Å²) in [5.41, 5.74) is 0. The summed E-state index contributed by atoms with van der Waals surface area (Å²) in [4.78, 5) is 0. The van der Waals surface area contributed by atoms with Gasteiger partial charge in [0, 0.05) is 6.61 Å². The summed E-state index contributed by atoms with van der Waals surface area (Å²) in [5.74, 6) is 0. The Bertz CT molecular complexity index is 167. The highest BCUT2D eigenvalue weighted by Gasteiger charge is 2.43. The summed E-state index contributed by atoms with van der Waals surface area (Å²) < 4.78 is 22.8. The standard InChI is InChI=1S/C9H17FO4/c1-2-3-4-13-5-6-8(11)7(10)9(12)14-6/h6-9,11-12H,2-5H2,1H3. The molecule has 0 bridgehead atoms. The molecule has 0 saturated carbocycles. The molecular formula is C9H17FO4. The second kappa shape index (κ2) is 5.60. The molecule has 0 amide bonds. The molecule has 0 radical (unpaired) electrons. The Morgan fingerprint density at radius 3 is 2.64 bits per heavy atom. The fraction of sp³-hybridized carbons (Fsp3) is 1.00. The predicted octanol–water partition coefficient (Wildman–Crippen LogP) is 0.219. The molecule has 0 aromatic rings. The van der Waals surface area contributed by atoms with Gasteiger partial charge < -0.3 is 19.7 Å². The zero-order valence-corrected chi connectivity index (χ0v) is 8.23. The molecule has 0 aliphatic carbocycles. The van der Waals surface area contributed by atoms with E-state index in [-0.39, 0.29) is 6.61 Å². The molecular weight excluding hydrogens is 191 g/mol. The average molecular weight is 208 g/mol. The van der Waals surface area contributed by atoms with Gasteiger partial charge in [-0.25, -0.2) is 4.39 Å². The van der Waals surface area contributed by atoms with Gasteiger partial charge >= 0.3 is 0 Å². The number of aliphatic hydroxyl groups excluding tert-OH is 2. The normalized spacial score (nSPS) is 37.7. The summed E-state index contributed by atoms with van der Waals surface area (Å²) in [5, 5.41) is 18.2. The van der Waals surface area contributed by atoms with Crippen molar-refractivity contribution < 1.29 is 24.1 Å². The number of rotatable bonds is 5. The molecule has 1 fully saturated rings. The molecule has 5 heteroatoms. The van der Waals surface area contributed by atoms with Crippen LogP contribution in [0.25, 0.3) is 0 Å². The quantitative estimate of drug-likeness (QED) is 0.634. The van der Waals surface area contributed by atoms with Crippen LogP contribution in [-0.4, -0.2) is 48.1 Å². The van der Waals surface area contributed by atoms with Crippen LogP contribution in [0.3, 0.4) is 0 Å². The lowest BCUT2D eigenvalue weighted by Gasteiger charge is -2.13. The average Bonchev–Trinajstić information content (AvgIpc) is 2.41. The van der Waals surface area contributed by atoms with E-state index in [1.54, 1.807) is 0 Å². The Hall–Kier alpha value is -0.230. The van der Waals surface area contributed by atoms with Crippen molar-refractivity contribution >= 4 is 0 Å². The molecule has 0 aromatic carbocycles. The monoisotopic (exact) mass is 208 g/mol. The lowest BCUT2D eigenvalue weighted by atomic mass is 10.2. The van der Waals surface area contributed by atoms with Gasteiger partial charge in [0.15, 0.2) is 12.5 Å². The Labute approximate surface area is 82.6 Å². The Kier molecular flexibility index (Phi) is 4.74. The first kappa shape index (κ1) is 11.8. The van der Waals surface area contributed by atoms with E-state index in [1.807, 2.05) is 6.92 Å². The fourth-order valence-corrected chi connectivity index (χ4v) is 1.29. The van der Waals surface area contributed by atoms with Gasteiger partial charge in [0.05, 0.1) is 6.61 Å². The van der Waals surface area contributed by atoms with E-state index >= 15 is 0 Å². The smallest absolute Gasteiger partial charge is 0.189 e. The number of hydrogen-bond donors (Lipinski definition) is 2. The highest BCUT2D eigenvalue weighted by atomic mass is 19.1. The van der Waals surface area contributed by atoms with Crippen molar-refractivity contribution in [2.75, 3.05) is 13.2 Å². The van der Waals surface area contributed by atoms with Gasteiger partial charge in [0.2, 0.25) is 0 Å². The van der Waals surface area contributed by atoms with Crippen LogP contribution < -0.4 is 0 Å². The molecule has 0 aromatic heterocycles. The molecule has 1 saturated heterocycles. The summed E-state index contributed by atoms with van der Waals surface area (Å²) >= 11 is 0. The molecule has 0 spiro atoms. The molecule has 84 valence electrons. The largest absolute Gasteiger partial charge is 0.387 e. The van der Waals surface area contributed by atoms with Crippen molar-refractivity contribution in [3.05, 3.63) is 0 Å². The van der Waals surface area contributed by atoms with E-state index in [9.17, 15) is 9.50 Å². The minimum atomic E-state index is -1.73. The zero-order chi connectivity index (χ0) is 10.6. The Balaban J connectivity index is 2.19. The molecule has 2 N–H and O–H groups in total. The summed E-state index contributed by atoms with van der Waals surface area (Å²) in [7, 11) is 0. The Morgan fingerprint density at radius 2 is 2.14 bits per heavy atom. The van der Waals surface area contributed by atoms with Crippen LogP contribution in [0.5, 0.6) is 0 Å². The predicted molar refractivity (Wildman–Crippen MR) is 47.5 cm³/mol. The topological polar surface area (TPSA) is 58.9 Å². The maximum atomic E-state index is 12.9. The third-order valence-electron chi connectivity index (χ3n) is 2.22. The van der Waals surface area contributed by atoms with Gasteiger partial charge in [-0.3, -0.25) is 0 Å². The summed E-state index contributed by atoms with van der Waals surface area (Å²) in [6.07, 6.45) is -3.35. The molecule has 1 aliphatic rings. The lowest BCUT2D eigenvalue weighted by molar-refractivity contribution is -0.126. The van der Waals surface area contributed by atoms with Gasteiger partial charge in [-0.15, -0.1) is 0 Å². The SMILES string of the molecule is CCCCOCC1OC(O)C(F)C1O. The van der Waals surface area contributed by atoms with Crippen molar-refractivity contribution in [3.8, 4) is 0 Å². The van der Waals surface area contributed by atoms with Crippen molar-refractivity contribution in [1.29, 1.82) is 0 Å². The Morgan fingerprint density at radius 1 is 1.43 bits per heavy atom. The zero-order valence-electron chi connectivity index (χ0n) is 8.23. The molecule has 1 heterocycles. The highest BCUT2D eigenvalue weighted by Crippen LogP contribution is 2.22. The third kappa shape index (κ3) is 2.88. The van der Waals surface area contributed by atoms with Crippen LogP contribution in [0.1, 0.15) is 19.8 Å². The first-order chi connectivity index (χ1) is 6.66. The fourth-order valence-electron chi connectivity index (χ4n) is 1.29. The maximum absolute atomic E-state index is 12.9.